The molecule has 1 aromatic carbocycles. The molecule has 1 amide bonds. The van der Waals surface area contributed by atoms with Crippen LogP contribution < -0.4 is 10.1 Å². The summed E-state index contributed by atoms with van der Waals surface area (Å²) in [5.41, 5.74) is -0.210. The van der Waals surface area contributed by atoms with Crippen molar-refractivity contribution < 1.29 is 19.4 Å². The van der Waals surface area contributed by atoms with Crippen LogP contribution in [-0.2, 0) is 10.3 Å². The van der Waals surface area contributed by atoms with E-state index in [1.165, 1.54) is 7.11 Å². The van der Waals surface area contributed by atoms with E-state index in [1.807, 2.05) is 13.8 Å². The van der Waals surface area contributed by atoms with Gasteiger partial charge in [-0.25, -0.2) is 0 Å². The highest BCUT2D eigenvalue weighted by atomic mass is 16.5. The van der Waals surface area contributed by atoms with Crippen LogP contribution in [0.2, 0.25) is 0 Å². The second-order valence-corrected chi connectivity index (χ2v) is 6.36. The Morgan fingerprint density at radius 3 is 2.64 bits per heavy atom. The lowest BCUT2D eigenvalue weighted by atomic mass is 9.88. The number of carbonyl (C=O) groups is 2. The maximum atomic E-state index is 12.6. The molecule has 1 unspecified atom stereocenters. The summed E-state index contributed by atoms with van der Waals surface area (Å²) < 4.78 is 6.87. The molecule has 25 heavy (non-hydrogen) atoms. The lowest BCUT2D eigenvalue weighted by Gasteiger charge is -2.30. The first-order valence-corrected chi connectivity index (χ1v) is 7.99. The Balaban J connectivity index is 2.32. The predicted octanol–water partition coefficient (Wildman–Crippen LogP) is 2.59. The van der Waals surface area contributed by atoms with Crippen molar-refractivity contribution in [2.75, 3.05) is 7.11 Å². The minimum Gasteiger partial charge on any atom is -0.497 e. The van der Waals surface area contributed by atoms with Crippen molar-refractivity contribution in [3.8, 4) is 5.75 Å². The van der Waals surface area contributed by atoms with Crippen molar-refractivity contribution in [3.05, 3.63) is 47.8 Å². The van der Waals surface area contributed by atoms with Crippen LogP contribution in [0.5, 0.6) is 5.75 Å². The van der Waals surface area contributed by atoms with Crippen molar-refractivity contribution in [2.24, 2.45) is 0 Å². The summed E-state index contributed by atoms with van der Waals surface area (Å²) in [6.45, 7) is 5.59. The molecule has 0 spiro atoms. The fraction of sp³-hybridized carbons (Fsp3) is 0.389. The second kappa shape index (κ2) is 7.38. The number of amides is 1. The quantitative estimate of drug-likeness (QED) is 0.804. The summed E-state index contributed by atoms with van der Waals surface area (Å²) >= 11 is 0. The fourth-order valence-electron chi connectivity index (χ4n) is 2.55. The molecule has 0 aliphatic heterocycles. The van der Waals surface area contributed by atoms with E-state index in [1.54, 1.807) is 48.1 Å². The van der Waals surface area contributed by atoms with Crippen LogP contribution in [0.3, 0.4) is 0 Å². The van der Waals surface area contributed by atoms with Gasteiger partial charge in [-0.1, -0.05) is 12.1 Å². The van der Waals surface area contributed by atoms with Gasteiger partial charge in [0, 0.05) is 12.2 Å². The van der Waals surface area contributed by atoms with E-state index in [4.69, 9.17) is 4.74 Å². The highest BCUT2D eigenvalue weighted by Crippen LogP contribution is 2.28. The topological polar surface area (TPSA) is 93.5 Å². The lowest BCUT2D eigenvalue weighted by molar-refractivity contribution is -0.138. The van der Waals surface area contributed by atoms with E-state index >= 15 is 0 Å². The molecule has 1 aromatic heterocycles. The third-order valence-corrected chi connectivity index (χ3v) is 3.97. The molecular formula is C18H23N3O4. The minimum absolute atomic E-state index is 0.130. The fourth-order valence-corrected chi connectivity index (χ4v) is 2.55. The summed E-state index contributed by atoms with van der Waals surface area (Å²) in [5.74, 6) is -0.850. The molecule has 1 heterocycles. The largest absolute Gasteiger partial charge is 0.497 e. The van der Waals surface area contributed by atoms with E-state index in [2.05, 4.69) is 10.4 Å². The number of hydrogen-bond donors (Lipinski definition) is 2. The second-order valence-electron chi connectivity index (χ2n) is 6.36. The van der Waals surface area contributed by atoms with Gasteiger partial charge in [0.25, 0.3) is 5.91 Å². The van der Waals surface area contributed by atoms with Gasteiger partial charge in [-0.15, -0.1) is 0 Å². The molecule has 0 aliphatic rings. The van der Waals surface area contributed by atoms with Crippen LogP contribution in [0.4, 0.5) is 0 Å². The predicted molar refractivity (Wildman–Crippen MR) is 92.7 cm³/mol. The minimum atomic E-state index is -1.10. The molecular weight excluding hydrogens is 322 g/mol. The average molecular weight is 345 g/mol. The van der Waals surface area contributed by atoms with Crippen molar-refractivity contribution in [1.82, 2.24) is 15.1 Å². The maximum absolute atomic E-state index is 12.6. The van der Waals surface area contributed by atoms with Crippen molar-refractivity contribution in [3.63, 3.8) is 0 Å². The number of hydrogen-bond acceptors (Lipinski definition) is 4. The van der Waals surface area contributed by atoms with Crippen LogP contribution >= 0.6 is 0 Å². The number of carboxylic acids is 1. The zero-order valence-electron chi connectivity index (χ0n) is 14.8. The van der Waals surface area contributed by atoms with Gasteiger partial charge in [0.2, 0.25) is 0 Å². The molecule has 7 nitrogen and oxygen atoms in total. The van der Waals surface area contributed by atoms with Gasteiger partial charge in [0.15, 0.2) is 0 Å². The molecule has 2 aromatic rings. The number of carboxylic acid groups (broad SMARTS) is 1. The van der Waals surface area contributed by atoms with Gasteiger partial charge in [-0.05, 0) is 44.5 Å². The molecule has 7 heteroatoms. The van der Waals surface area contributed by atoms with Crippen LogP contribution in [0.15, 0.2) is 36.5 Å². The van der Waals surface area contributed by atoms with Gasteiger partial charge in [0.05, 0.1) is 19.1 Å². The Bertz CT molecular complexity index is 769. The Morgan fingerprint density at radius 2 is 2.08 bits per heavy atom. The standard InChI is InChI=1S/C18H23N3O4/c1-12(2)21-9-8-15(20-21)17(24)19-18(3,11-16(22)23)13-6-5-7-14(10-13)25-4/h5-10,12H,11H2,1-4H3,(H,19,24)(H,22,23). The Morgan fingerprint density at radius 1 is 1.36 bits per heavy atom. The highest BCUT2D eigenvalue weighted by Gasteiger charge is 2.32. The van der Waals surface area contributed by atoms with Crippen LogP contribution in [0.25, 0.3) is 0 Å². The van der Waals surface area contributed by atoms with Gasteiger partial charge >= 0.3 is 5.97 Å². The zero-order chi connectivity index (χ0) is 18.6. The Hall–Kier alpha value is -2.83. The van der Waals surface area contributed by atoms with E-state index in [9.17, 15) is 14.7 Å². The molecule has 0 saturated carbocycles. The van der Waals surface area contributed by atoms with E-state index in [0.29, 0.717) is 11.3 Å². The molecule has 0 fully saturated rings. The number of nitrogens with zero attached hydrogens (tertiary/aromatic N) is 2. The number of aromatic nitrogens is 2. The number of ether oxygens (including phenoxy) is 1. The number of carbonyl (C=O) groups excluding carboxylic acids is 1. The van der Waals surface area contributed by atoms with Gasteiger partial charge in [0.1, 0.15) is 11.4 Å². The van der Waals surface area contributed by atoms with Gasteiger partial charge in [-0.3, -0.25) is 14.3 Å². The van der Waals surface area contributed by atoms with Gasteiger partial charge in [-0.2, -0.15) is 5.10 Å². The molecule has 0 bridgehead atoms. The number of methoxy groups -OCH3 is 1. The summed E-state index contributed by atoms with van der Waals surface area (Å²) in [7, 11) is 1.53. The monoisotopic (exact) mass is 345 g/mol. The molecule has 2 N–H and O–H groups in total. The van der Waals surface area contributed by atoms with Crippen molar-refractivity contribution in [1.29, 1.82) is 0 Å². The summed E-state index contributed by atoms with van der Waals surface area (Å²) in [4.78, 5) is 23.9. The SMILES string of the molecule is COc1cccc(C(C)(CC(=O)O)NC(=O)c2ccn(C(C)C)n2)c1. The van der Waals surface area contributed by atoms with Crippen LogP contribution in [-0.4, -0.2) is 33.9 Å². The zero-order valence-corrected chi connectivity index (χ0v) is 14.8. The molecule has 2 rings (SSSR count). The third kappa shape index (κ3) is 4.37. The normalized spacial score (nSPS) is 13.3. The first-order chi connectivity index (χ1) is 11.7. The first-order valence-electron chi connectivity index (χ1n) is 7.99. The van der Waals surface area contributed by atoms with E-state index in [-0.39, 0.29) is 18.2 Å². The highest BCUT2D eigenvalue weighted by molar-refractivity contribution is 5.93. The van der Waals surface area contributed by atoms with Gasteiger partial charge < -0.3 is 15.2 Å². The summed E-state index contributed by atoms with van der Waals surface area (Å²) in [6.07, 6.45) is 1.45. The van der Waals surface area contributed by atoms with Crippen LogP contribution in [0, 0.1) is 0 Å². The summed E-state index contributed by atoms with van der Waals surface area (Å²) in [5, 5.41) is 16.3. The smallest absolute Gasteiger partial charge is 0.306 e. The lowest BCUT2D eigenvalue weighted by Crippen LogP contribution is -2.45. The van der Waals surface area contributed by atoms with Crippen molar-refractivity contribution >= 4 is 11.9 Å². The number of benzene rings is 1. The van der Waals surface area contributed by atoms with Crippen LogP contribution in [0.1, 0.15) is 49.3 Å². The van der Waals surface area contributed by atoms with E-state index in [0.717, 1.165) is 0 Å². The first kappa shape index (κ1) is 18.5. The third-order valence-electron chi connectivity index (χ3n) is 3.97. The summed E-state index contributed by atoms with van der Waals surface area (Å²) in [6, 6.07) is 8.74. The Labute approximate surface area is 146 Å². The molecule has 1 atom stereocenters. The molecule has 0 aliphatic carbocycles. The molecule has 0 radical (unpaired) electrons. The Kier molecular flexibility index (Phi) is 5.46. The number of nitrogens with one attached hydrogen (secondary N) is 1. The maximum Gasteiger partial charge on any atom is 0.306 e. The average Bonchev–Trinajstić information content (AvgIpc) is 3.04. The van der Waals surface area contributed by atoms with E-state index < -0.39 is 17.4 Å². The number of rotatable bonds is 7. The molecule has 0 saturated heterocycles. The molecule has 134 valence electrons. The van der Waals surface area contributed by atoms with Crippen molar-refractivity contribution in [2.45, 2.75) is 38.8 Å². The number of aliphatic carboxylic acids is 1.